The van der Waals surface area contributed by atoms with Crippen LogP contribution in [-0.4, -0.2) is 25.2 Å². The summed E-state index contributed by atoms with van der Waals surface area (Å²) in [4.78, 5) is 4.19. The molecule has 0 saturated heterocycles. The first-order valence-electron chi connectivity index (χ1n) is 7.09. The first-order valence-corrected chi connectivity index (χ1v) is 7.09. The summed E-state index contributed by atoms with van der Waals surface area (Å²) >= 11 is 0. The van der Waals surface area contributed by atoms with Crippen molar-refractivity contribution in [2.75, 3.05) is 20.2 Å². The third-order valence-electron chi connectivity index (χ3n) is 3.06. The number of nitrogens with zero attached hydrogens (tertiary/aromatic N) is 1. The summed E-state index contributed by atoms with van der Waals surface area (Å²) in [5.74, 6) is 1.76. The molecule has 0 fully saturated rings. The summed E-state index contributed by atoms with van der Waals surface area (Å²) in [5, 5.41) is 3.32. The lowest BCUT2D eigenvalue weighted by atomic mass is 10.1. The fraction of sp³-hybridized carbons (Fsp3) is 0.438. The van der Waals surface area contributed by atoms with Gasteiger partial charge in [0.05, 0.1) is 18.9 Å². The normalized spacial score (nSPS) is 11.1. The quantitative estimate of drug-likeness (QED) is 0.796. The third kappa shape index (κ3) is 4.29. The molecule has 1 heterocycles. The van der Waals surface area contributed by atoms with Crippen LogP contribution in [0.2, 0.25) is 0 Å². The number of benzene rings is 1. The second-order valence-electron chi connectivity index (χ2n) is 5.31. The molecule has 0 saturated carbocycles. The number of methoxy groups -OCH3 is 1. The molecule has 0 bridgehead atoms. The van der Waals surface area contributed by atoms with Gasteiger partial charge in [-0.15, -0.1) is 0 Å². The predicted molar refractivity (Wildman–Crippen MR) is 79.9 cm³/mol. The molecule has 0 aliphatic rings. The minimum Gasteiger partial charge on any atom is -0.497 e. The topological polar surface area (TPSA) is 47.3 Å². The van der Waals surface area contributed by atoms with Crippen LogP contribution in [0.1, 0.15) is 19.7 Å². The SMILES string of the molecule is COc1ccc(-c2cnc(CCNCC(C)C)o2)c(F)c1. The molecule has 5 heteroatoms. The molecule has 1 aromatic carbocycles. The number of oxazole rings is 1. The second-order valence-corrected chi connectivity index (χ2v) is 5.31. The van der Waals surface area contributed by atoms with E-state index in [0.717, 1.165) is 13.1 Å². The molecule has 2 aromatic rings. The molecular weight excluding hydrogens is 271 g/mol. The molecule has 1 N–H and O–H groups in total. The monoisotopic (exact) mass is 292 g/mol. The molecule has 0 aliphatic carbocycles. The molecule has 0 amide bonds. The van der Waals surface area contributed by atoms with E-state index in [4.69, 9.17) is 9.15 Å². The summed E-state index contributed by atoms with van der Waals surface area (Å²) in [5.41, 5.74) is 0.393. The van der Waals surface area contributed by atoms with Crippen LogP contribution in [0.15, 0.2) is 28.8 Å². The zero-order valence-corrected chi connectivity index (χ0v) is 12.6. The zero-order valence-electron chi connectivity index (χ0n) is 12.6. The Kier molecular flexibility index (Phi) is 5.33. The lowest BCUT2D eigenvalue weighted by Crippen LogP contribution is -2.22. The van der Waals surface area contributed by atoms with Crippen LogP contribution in [0.5, 0.6) is 5.75 Å². The Morgan fingerprint density at radius 2 is 2.19 bits per heavy atom. The molecule has 21 heavy (non-hydrogen) atoms. The first kappa shape index (κ1) is 15.5. The van der Waals surface area contributed by atoms with Gasteiger partial charge in [0.25, 0.3) is 0 Å². The number of ether oxygens (including phenoxy) is 1. The van der Waals surface area contributed by atoms with Gasteiger partial charge in [-0.05, 0) is 24.6 Å². The molecule has 0 unspecified atom stereocenters. The van der Waals surface area contributed by atoms with Crippen molar-refractivity contribution < 1.29 is 13.5 Å². The summed E-state index contributed by atoms with van der Waals surface area (Å²) in [6, 6.07) is 4.67. The van der Waals surface area contributed by atoms with E-state index in [1.165, 1.54) is 13.2 Å². The molecule has 2 rings (SSSR count). The first-order chi connectivity index (χ1) is 10.1. The average Bonchev–Trinajstić information content (AvgIpc) is 2.91. The van der Waals surface area contributed by atoms with Crippen molar-refractivity contribution in [3.63, 3.8) is 0 Å². The Morgan fingerprint density at radius 3 is 2.86 bits per heavy atom. The van der Waals surface area contributed by atoms with Crippen molar-refractivity contribution in [2.45, 2.75) is 20.3 Å². The average molecular weight is 292 g/mol. The van der Waals surface area contributed by atoms with E-state index in [-0.39, 0.29) is 5.82 Å². The maximum atomic E-state index is 13.9. The Balaban J connectivity index is 1.99. The molecule has 0 radical (unpaired) electrons. The van der Waals surface area contributed by atoms with E-state index in [9.17, 15) is 4.39 Å². The minimum atomic E-state index is -0.380. The van der Waals surface area contributed by atoms with Crippen LogP contribution in [0.3, 0.4) is 0 Å². The molecule has 0 spiro atoms. The van der Waals surface area contributed by atoms with Crippen molar-refractivity contribution in [1.29, 1.82) is 0 Å². The van der Waals surface area contributed by atoms with E-state index >= 15 is 0 Å². The highest BCUT2D eigenvalue weighted by Gasteiger charge is 2.12. The summed E-state index contributed by atoms with van der Waals surface area (Å²) in [7, 11) is 1.51. The number of nitrogens with one attached hydrogen (secondary N) is 1. The van der Waals surface area contributed by atoms with E-state index in [0.29, 0.717) is 35.3 Å². The van der Waals surface area contributed by atoms with Gasteiger partial charge in [-0.25, -0.2) is 9.37 Å². The number of rotatable bonds is 7. The Bertz CT molecular complexity index is 581. The van der Waals surface area contributed by atoms with Crippen molar-refractivity contribution >= 4 is 0 Å². The van der Waals surface area contributed by atoms with E-state index in [2.05, 4.69) is 24.1 Å². The molecule has 114 valence electrons. The summed E-state index contributed by atoms with van der Waals surface area (Å²) in [6.45, 7) is 6.06. The molecule has 1 aromatic heterocycles. The van der Waals surface area contributed by atoms with Crippen molar-refractivity contribution in [3.8, 4) is 17.1 Å². The van der Waals surface area contributed by atoms with E-state index in [1.807, 2.05) is 0 Å². The van der Waals surface area contributed by atoms with Gasteiger partial charge in [0, 0.05) is 19.0 Å². The fourth-order valence-corrected chi connectivity index (χ4v) is 1.96. The lowest BCUT2D eigenvalue weighted by Gasteiger charge is -2.05. The van der Waals surface area contributed by atoms with Gasteiger partial charge in [0.2, 0.25) is 0 Å². The van der Waals surface area contributed by atoms with Crippen LogP contribution in [-0.2, 0) is 6.42 Å². The maximum Gasteiger partial charge on any atom is 0.196 e. The highest BCUT2D eigenvalue weighted by molar-refractivity contribution is 5.58. The lowest BCUT2D eigenvalue weighted by molar-refractivity contribution is 0.411. The second kappa shape index (κ2) is 7.22. The molecule has 0 atom stereocenters. The fourth-order valence-electron chi connectivity index (χ4n) is 1.96. The highest BCUT2D eigenvalue weighted by Crippen LogP contribution is 2.26. The van der Waals surface area contributed by atoms with Crippen LogP contribution in [0, 0.1) is 11.7 Å². The van der Waals surface area contributed by atoms with Gasteiger partial charge < -0.3 is 14.5 Å². The van der Waals surface area contributed by atoms with Gasteiger partial charge >= 0.3 is 0 Å². The predicted octanol–water partition coefficient (Wildman–Crippen LogP) is 3.28. The molecule has 0 aliphatic heterocycles. The zero-order chi connectivity index (χ0) is 15.2. The Labute approximate surface area is 124 Å². The number of aromatic nitrogens is 1. The van der Waals surface area contributed by atoms with Gasteiger partial charge in [-0.3, -0.25) is 0 Å². The van der Waals surface area contributed by atoms with Gasteiger partial charge in [0.1, 0.15) is 11.6 Å². The van der Waals surface area contributed by atoms with Gasteiger partial charge in [-0.1, -0.05) is 13.8 Å². The minimum absolute atomic E-state index is 0.380. The van der Waals surface area contributed by atoms with Crippen LogP contribution < -0.4 is 10.1 Å². The van der Waals surface area contributed by atoms with Crippen molar-refractivity contribution in [2.24, 2.45) is 5.92 Å². The van der Waals surface area contributed by atoms with Crippen molar-refractivity contribution in [3.05, 3.63) is 36.1 Å². The largest absolute Gasteiger partial charge is 0.497 e. The van der Waals surface area contributed by atoms with Crippen LogP contribution in [0.4, 0.5) is 4.39 Å². The summed E-state index contributed by atoms with van der Waals surface area (Å²) < 4.78 is 24.5. The molecular formula is C16H21FN2O2. The number of halogens is 1. The van der Waals surface area contributed by atoms with Crippen LogP contribution in [0.25, 0.3) is 11.3 Å². The Hall–Kier alpha value is -1.88. The van der Waals surface area contributed by atoms with Gasteiger partial charge in [-0.2, -0.15) is 0 Å². The van der Waals surface area contributed by atoms with Crippen molar-refractivity contribution in [1.82, 2.24) is 10.3 Å². The third-order valence-corrected chi connectivity index (χ3v) is 3.06. The molecule has 4 nitrogen and oxygen atoms in total. The Morgan fingerprint density at radius 1 is 1.38 bits per heavy atom. The van der Waals surface area contributed by atoms with Gasteiger partial charge in [0.15, 0.2) is 11.7 Å². The highest BCUT2D eigenvalue weighted by atomic mass is 19.1. The van der Waals surface area contributed by atoms with Crippen LogP contribution >= 0.6 is 0 Å². The smallest absolute Gasteiger partial charge is 0.196 e. The van der Waals surface area contributed by atoms with E-state index < -0.39 is 0 Å². The van der Waals surface area contributed by atoms with E-state index in [1.54, 1.807) is 18.3 Å². The number of hydrogen-bond donors (Lipinski definition) is 1. The number of hydrogen-bond acceptors (Lipinski definition) is 4. The standard InChI is InChI=1S/C16H21FN2O2/c1-11(2)9-18-7-6-16-19-10-15(21-16)13-5-4-12(20-3)8-14(13)17/h4-5,8,10-11,18H,6-7,9H2,1-3H3. The summed E-state index contributed by atoms with van der Waals surface area (Å²) in [6.07, 6.45) is 2.24. The maximum absolute atomic E-state index is 13.9.